The lowest BCUT2D eigenvalue weighted by Crippen LogP contribution is -2.40. The fourth-order valence-corrected chi connectivity index (χ4v) is 3.00. The fraction of sp³-hybridized carbons (Fsp3) is 0.867. The van der Waals surface area contributed by atoms with Gasteiger partial charge in [0.05, 0.1) is 18.4 Å². The molecule has 1 rings (SSSR count). The topological polar surface area (TPSA) is 66.8 Å². The molecule has 5 nitrogen and oxygen atoms in total. The molecule has 0 spiro atoms. The lowest BCUT2D eigenvalue weighted by molar-refractivity contribution is -0.149. The zero-order valence-corrected chi connectivity index (χ0v) is 12.8. The molecule has 0 aromatic carbocycles. The van der Waals surface area contributed by atoms with Crippen LogP contribution < -0.4 is 0 Å². The van der Waals surface area contributed by atoms with Gasteiger partial charge < -0.3 is 14.7 Å². The zero-order valence-electron chi connectivity index (χ0n) is 12.8. The lowest BCUT2D eigenvalue weighted by Gasteiger charge is -2.26. The van der Waals surface area contributed by atoms with Crippen molar-refractivity contribution in [3.05, 3.63) is 0 Å². The van der Waals surface area contributed by atoms with Crippen LogP contribution in [-0.2, 0) is 14.3 Å². The molecular formula is C15H27NO4. The summed E-state index contributed by atoms with van der Waals surface area (Å²) in [6.45, 7) is 8.19. The van der Waals surface area contributed by atoms with Gasteiger partial charge >= 0.3 is 5.97 Å². The minimum Gasteiger partial charge on any atom is -0.481 e. The molecule has 1 N–H and O–H groups in total. The Morgan fingerprint density at radius 3 is 2.35 bits per heavy atom. The molecule has 1 amide bonds. The molecule has 0 aromatic heterocycles. The predicted molar refractivity (Wildman–Crippen MR) is 76.4 cm³/mol. The van der Waals surface area contributed by atoms with Crippen molar-refractivity contribution >= 4 is 11.9 Å². The first-order valence-electron chi connectivity index (χ1n) is 7.64. The summed E-state index contributed by atoms with van der Waals surface area (Å²) in [6.07, 6.45) is 2.28. The van der Waals surface area contributed by atoms with Crippen LogP contribution in [0.25, 0.3) is 0 Å². The fourth-order valence-electron chi connectivity index (χ4n) is 3.00. The quantitative estimate of drug-likeness (QED) is 0.693. The van der Waals surface area contributed by atoms with E-state index in [-0.39, 0.29) is 11.8 Å². The second kappa shape index (κ2) is 8.25. The molecule has 1 saturated carbocycles. The van der Waals surface area contributed by atoms with Crippen LogP contribution in [0.5, 0.6) is 0 Å². The van der Waals surface area contributed by atoms with Gasteiger partial charge in [0.25, 0.3) is 0 Å². The number of carboxylic acids is 1. The molecule has 1 aliphatic carbocycles. The first-order valence-corrected chi connectivity index (χ1v) is 7.64. The molecule has 0 saturated heterocycles. The van der Waals surface area contributed by atoms with Gasteiger partial charge in [0.2, 0.25) is 5.91 Å². The number of amides is 1. The van der Waals surface area contributed by atoms with Crippen LogP contribution in [-0.4, -0.2) is 48.2 Å². The van der Waals surface area contributed by atoms with Crippen molar-refractivity contribution in [2.24, 2.45) is 17.8 Å². The summed E-state index contributed by atoms with van der Waals surface area (Å²) in [4.78, 5) is 25.6. The van der Waals surface area contributed by atoms with Gasteiger partial charge in [-0.2, -0.15) is 0 Å². The number of carbonyl (C=O) groups excluding carboxylic acids is 1. The van der Waals surface area contributed by atoms with Crippen molar-refractivity contribution < 1.29 is 19.4 Å². The number of likely N-dealkylation sites (N-methyl/N-ethyl adjacent to an activating group) is 1. The molecular weight excluding hydrogens is 258 g/mol. The van der Waals surface area contributed by atoms with E-state index in [1.807, 2.05) is 13.8 Å². The number of hydrogen-bond acceptors (Lipinski definition) is 3. The third-order valence-corrected chi connectivity index (χ3v) is 4.28. The molecule has 116 valence electrons. The van der Waals surface area contributed by atoms with E-state index in [2.05, 4.69) is 6.92 Å². The monoisotopic (exact) mass is 285 g/mol. The predicted octanol–water partition coefficient (Wildman–Crippen LogP) is 2.01. The summed E-state index contributed by atoms with van der Waals surface area (Å²) in [6, 6.07) is 0. The first kappa shape index (κ1) is 17.0. The molecule has 1 fully saturated rings. The minimum absolute atomic E-state index is 0.0180. The Labute approximate surface area is 121 Å². The molecule has 3 unspecified atom stereocenters. The van der Waals surface area contributed by atoms with Gasteiger partial charge in [-0.1, -0.05) is 13.3 Å². The van der Waals surface area contributed by atoms with Gasteiger partial charge in [-0.05, 0) is 32.6 Å². The van der Waals surface area contributed by atoms with Gasteiger partial charge in [0, 0.05) is 19.7 Å². The highest BCUT2D eigenvalue weighted by molar-refractivity contribution is 5.85. The maximum absolute atomic E-state index is 12.6. The maximum Gasteiger partial charge on any atom is 0.307 e. The standard InChI is InChI=1S/C15H27NO4/c1-4-11-9-12(13(10-11)15(18)19)14(17)16(5-2)7-8-20-6-3/h11-13H,4-10H2,1-3H3,(H,18,19). The smallest absolute Gasteiger partial charge is 0.307 e. The highest BCUT2D eigenvalue weighted by Crippen LogP contribution is 2.39. The Morgan fingerprint density at radius 1 is 1.20 bits per heavy atom. The van der Waals surface area contributed by atoms with Gasteiger partial charge in [0.15, 0.2) is 0 Å². The molecule has 0 heterocycles. The van der Waals surface area contributed by atoms with E-state index >= 15 is 0 Å². The largest absolute Gasteiger partial charge is 0.481 e. The summed E-state index contributed by atoms with van der Waals surface area (Å²) >= 11 is 0. The van der Waals surface area contributed by atoms with Gasteiger partial charge in [0.1, 0.15) is 0 Å². The number of rotatable bonds is 8. The molecule has 20 heavy (non-hydrogen) atoms. The Hall–Kier alpha value is -1.10. The van der Waals surface area contributed by atoms with E-state index in [0.29, 0.717) is 45.1 Å². The van der Waals surface area contributed by atoms with E-state index in [1.165, 1.54) is 0 Å². The summed E-state index contributed by atoms with van der Waals surface area (Å²) in [5.41, 5.74) is 0. The maximum atomic E-state index is 12.6. The van der Waals surface area contributed by atoms with E-state index < -0.39 is 11.9 Å². The lowest BCUT2D eigenvalue weighted by atomic mass is 9.94. The van der Waals surface area contributed by atoms with E-state index in [4.69, 9.17) is 4.74 Å². The van der Waals surface area contributed by atoms with Crippen molar-refractivity contribution in [1.29, 1.82) is 0 Å². The zero-order chi connectivity index (χ0) is 15.1. The number of aliphatic carboxylic acids is 1. The third-order valence-electron chi connectivity index (χ3n) is 4.28. The number of nitrogens with zero attached hydrogens (tertiary/aromatic N) is 1. The number of hydrogen-bond donors (Lipinski definition) is 1. The summed E-state index contributed by atoms with van der Waals surface area (Å²) in [5.74, 6) is -1.38. The number of ether oxygens (including phenoxy) is 1. The van der Waals surface area contributed by atoms with Crippen LogP contribution in [0.3, 0.4) is 0 Å². The average molecular weight is 285 g/mol. The number of carboxylic acid groups (broad SMARTS) is 1. The molecule has 5 heteroatoms. The van der Waals surface area contributed by atoms with Crippen LogP contribution in [0.4, 0.5) is 0 Å². The third kappa shape index (κ3) is 4.20. The Balaban J connectivity index is 2.68. The van der Waals surface area contributed by atoms with Crippen molar-refractivity contribution in [3.8, 4) is 0 Å². The van der Waals surface area contributed by atoms with Crippen molar-refractivity contribution in [3.63, 3.8) is 0 Å². The van der Waals surface area contributed by atoms with E-state index in [0.717, 1.165) is 6.42 Å². The number of carbonyl (C=O) groups is 2. The molecule has 0 aromatic rings. The van der Waals surface area contributed by atoms with Crippen LogP contribution in [0, 0.1) is 17.8 Å². The Kier molecular flexibility index (Phi) is 6.99. The molecule has 0 radical (unpaired) electrons. The highest BCUT2D eigenvalue weighted by Gasteiger charge is 2.43. The van der Waals surface area contributed by atoms with E-state index in [9.17, 15) is 14.7 Å². The van der Waals surface area contributed by atoms with Crippen LogP contribution in [0.1, 0.15) is 40.0 Å². The van der Waals surface area contributed by atoms with E-state index in [1.54, 1.807) is 4.90 Å². The second-order valence-electron chi connectivity index (χ2n) is 5.41. The molecule has 0 bridgehead atoms. The molecule has 3 atom stereocenters. The van der Waals surface area contributed by atoms with Crippen molar-refractivity contribution in [1.82, 2.24) is 4.90 Å². The van der Waals surface area contributed by atoms with Gasteiger partial charge in [-0.15, -0.1) is 0 Å². The van der Waals surface area contributed by atoms with Crippen molar-refractivity contribution in [2.45, 2.75) is 40.0 Å². The first-order chi connectivity index (χ1) is 9.54. The van der Waals surface area contributed by atoms with Crippen LogP contribution in [0.15, 0.2) is 0 Å². The summed E-state index contributed by atoms with van der Waals surface area (Å²) in [5, 5.41) is 9.32. The second-order valence-corrected chi connectivity index (χ2v) is 5.41. The summed E-state index contributed by atoms with van der Waals surface area (Å²) < 4.78 is 5.29. The van der Waals surface area contributed by atoms with Crippen molar-refractivity contribution in [2.75, 3.05) is 26.3 Å². The average Bonchev–Trinajstić information content (AvgIpc) is 2.87. The van der Waals surface area contributed by atoms with Crippen LogP contribution >= 0.6 is 0 Å². The Bertz CT molecular complexity index is 332. The molecule has 1 aliphatic rings. The summed E-state index contributed by atoms with van der Waals surface area (Å²) in [7, 11) is 0. The normalized spacial score (nSPS) is 25.6. The Morgan fingerprint density at radius 2 is 1.85 bits per heavy atom. The molecule has 0 aliphatic heterocycles. The van der Waals surface area contributed by atoms with Gasteiger partial charge in [-0.25, -0.2) is 0 Å². The van der Waals surface area contributed by atoms with Crippen LogP contribution in [0.2, 0.25) is 0 Å². The van der Waals surface area contributed by atoms with Gasteiger partial charge in [-0.3, -0.25) is 9.59 Å². The highest BCUT2D eigenvalue weighted by atomic mass is 16.5. The minimum atomic E-state index is -0.833. The SMILES string of the molecule is CCOCCN(CC)C(=O)C1CC(CC)CC1C(=O)O.